The summed E-state index contributed by atoms with van der Waals surface area (Å²) in [6.45, 7) is 2.46. The second-order valence-electron chi connectivity index (χ2n) is 7.12. The Hall–Kier alpha value is -2.80. The first-order chi connectivity index (χ1) is 14.0. The summed E-state index contributed by atoms with van der Waals surface area (Å²) in [7, 11) is 0. The first-order valence-corrected chi connectivity index (χ1v) is 9.58. The first-order valence-electron chi connectivity index (χ1n) is 9.20. The average Bonchev–Trinajstić information content (AvgIpc) is 2.69. The van der Waals surface area contributed by atoms with E-state index in [0.717, 1.165) is 27.9 Å². The molecule has 1 aliphatic rings. The van der Waals surface area contributed by atoms with Crippen LogP contribution in [0, 0.1) is 6.92 Å². The van der Waals surface area contributed by atoms with E-state index in [1.54, 1.807) is 18.3 Å². The molecule has 6 nitrogen and oxygen atoms in total. The Kier molecular flexibility index (Phi) is 5.32. The van der Waals surface area contributed by atoms with Crippen molar-refractivity contribution >= 4 is 23.2 Å². The van der Waals surface area contributed by atoms with Crippen molar-refractivity contribution in [3.8, 4) is 11.1 Å². The number of anilines is 1. The second kappa shape index (κ2) is 7.91. The molecule has 0 aliphatic carbocycles. The molecule has 1 saturated heterocycles. The lowest BCUT2D eigenvalue weighted by atomic mass is 9.77. The molecule has 2 aromatic heterocycles. The molecule has 2 N–H and O–H groups in total. The number of aliphatic hydroxyl groups is 1. The third-order valence-corrected chi connectivity index (χ3v) is 5.39. The second-order valence-corrected chi connectivity index (χ2v) is 7.50. The highest BCUT2D eigenvalue weighted by atomic mass is 35.5. The molecule has 0 unspecified atom stereocenters. The van der Waals surface area contributed by atoms with Gasteiger partial charge in [-0.2, -0.15) is 0 Å². The zero-order valence-electron chi connectivity index (χ0n) is 15.9. The van der Waals surface area contributed by atoms with Crippen LogP contribution < -0.4 is 5.32 Å². The zero-order valence-corrected chi connectivity index (χ0v) is 16.6. The van der Waals surface area contributed by atoms with Crippen LogP contribution in [0.3, 0.4) is 0 Å². The van der Waals surface area contributed by atoms with Gasteiger partial charge in [-0.05, 0) is 41.8 Å². The van der Waals surface area contributed by atoms with Crippen LogP contribution in [0.1, 0.15) is 16.8 Å². The molecule has 1 aromatic carbocycles. The van der Waals surface area contributed by atoms with E-state index in [1.807, 2.05) is 37.3 Å². The molecule has 4 rings (SSSR count). The SMILES string of the molecule is Cc1cc(CO)c(-c2ccc(C3(C(=O)Nc4ccc(Cl)nc4)COC3)cc2)cn1. The van der Waals surface area contributed by atoms with Crippen LogP contribution in [-0.2, 0) is 21.6 Å². The third kappa shape index (κ3) is 3.74. The quantitative estimate of drug-likeness (QED) is 0.630. The number of halogens is 1. The molecular formula is C22H20ClN3O3. The van der Waals surface area contributed by atoms with Gasteiger partial charge < -0.3 is 15.2 Å². The van der Waals surface area contributed by atoms with Crippen molar-refractivity contribution in [3.63, 3.8) is 0 Å². The van der Waals surface area contributed by atoms with E-state index in [4.69, 9.17) is 16.3 Å². The maximum atomic E-state index is 13.0. The van der Waals surface area contributed by atoms with Gasteiger partial charge in [0.1, 0.15) is 10.6 Å². The number of hydrogen-bond acceptors (Lipinski definition) is 5. The number of nitrogens with zero attached hydrogens (tertiary/aromatic N) is 2. The summed E-state index contributed by atoms with van der Waals surface area (Å²) in [6, 6.07) is 13.0. The number of carbonyl (C=O) groups excluding carboxylic acids is 1. The summed E-state index contributed by atoms with van der Waals surface area (Å²) in [5.74, 6) is -0.145. The van der Waals surface area contributed by atoms with Crippen LogP contribution in [0.15, 0.2) is 54.9 Å². The lowest BCUT2D eigenvalue weighted by Gasteiger charge is -2.40. The van der Waals surface area contributed by atoms with Crippen molar-refractivity contribution in [2.45, 2.75) is 18.9 Å². The minimum Gasteiger partial charge on any atom is -0.392 e. The zero-order chi connectivity index (χ0) is 20.4. The Balaban J connectivity index is 1.60. The predicted octanol–water partition coefficient (Wildman–Crippen LogP) is 3.50. The Morgan fingerprint density at radius 2 is 1.93 bits per heavy atom. The summed E-state index contributed by atoms with van der Waals surface area (Å²) in [4.78, 5) is 21.3. The van der Waals surface area contributed by atoms with Crippen LogP contribution in [0.25, 0.3) is 11.1 Å². The van der Waals surface area contributed by atoms with Crippen LogP contribution >= 0.6 is 11.6 Å². The molecule has 0 radical (unpaired) electrons. The molecule has 3 aromatic rings. The van der Waals surface area contributed by atoms with Gasteiger partial charge in [0.25, 0.3) is 0 Å². The number of aliphatic hydroxyl groups excluding tert-OH is 1. The van der Waals surface area contributed by atoms with Gasteiger partial charge in [-0.1, -0.05) is 35.9 Å². The van der Waals surface area contributed by atoms with Gasteiger partial charge in [-0.15, -0.1) is 0 Å². The Labute approximate surface area is 173 Å². The highest BCUT2D eigenvalue weighted by Gasteiger charge is 2.47. The lowest BCUT2D eigenvalue weighted by Crippen LogP contribution is -2.55. The fraction of sp³-hybridized carbons (Fsp3) is 0.227. The van der Waals surface area contributed by atoms with Gasteiger partial charge in [-0.3, -0.25) is 9.78 Å². The number of nitrogens with one attached hydrogen (secondary N) is 1. The number of amides is 1. The number of rotatable bonds is 5. The normalized spacial score (nSPS) is 14.9. The highest BCUT2D eigenvalue weighted by Crippen LogP contribution is 2.35. The van der Waals surface area contributed by atoms with E-state index in [0.29, 0.717) is 24.1 Å². The number of hydrogen-bond donors (Lipinski definition) is 2. The maximum Gasteiger partial charge on any atom is 0.239 e. The third-order valence-electron chi connectivity index (χ3n) is 5.16. The largest absolute Gasteiger partial charge is 0.392 e. The molecule has 0 atom stereocenters. The monoisotopic (exact) mass is 409 g/mol. The number of ether oxygens (including phenoxy) is 1. The van der Waals surface area contributed by atoms with E-state index in [-0.39, 0.29) is 12.5 Å². The van der Waals surface area contributed by atoms with E-state index < -0.39 is 5.41 Å². The Morgan fingerprint density at radius 1 is 1.17 bits per heavy atom. The summed E-state index contributed by atoms with van der Waals surface area (Å²) < 4.78 is 5.39. The average molecular weight is 410 g/mol. The number of aromatic nitrogens is 2. The van der Waals surface area contributed by atoms with Crippen molar-refractivity contribution in [1.82, 2.24) is 9.97 Å². The summed E-state index contributed by atoms with van der Waals surface area (Å²) in [6.07, 6.45) is 3.29. The van der Waals surface area contributed by atoms with Crippen molar-refractivity contribution < 1.29 is 14.6 Å². The molecule has 148 valence electrons. The van der Waals surface area contributed by atoms with E-state index >= 15 is 0 Å². The number of carbonyl (C=O) groups is 1. The van der Waals surface area contributed by atoms with Crippen molar-refractivity contribution in [1.29, 1.82) is 0 Å². The van der Waals surface area contributed by atoms with E-state index in [9.17, 15) is 9.90 Å². The van der Waals surface area contributed by atoms with Gasteiger partial charge in [0, 0.05) is 17.5 Å². The topological polar surface area (TPSA) is 84.3 Å². The molecule has 1 aliphatic heterocycles. The first kappa shape index (κ1) is 19.5. The Bertz CT molecular complexity index is 1030. The molecule has 0 bridgehead atoms. The molecular weight excluding hydrogens is 390 g/mol. The summed E-state index contributed by atoms with van der Waals surface area (Å²) in [5, 5.41) is 12.9. The molecule has 29 heavy (non-hydrogen) atoms. The number of benzene rings is 1. The molecule has 1 fully saturated rings. The van der Waals surface area contributed by atoms with Gasteiger partial charge in [0.15, 0.2) is 0 Å². The van der Waals surface area contributed by atoms with Crippen LogP contribution in [0.4, 0.5) is 5.69 Å². The van der Waals surface area contributed by atoms with Crippen LogP contribution in [0.5, 0.6) is 0 Å². The number of aryl methyl sites for hydroxylation is 1. The Morgan fingerprint density at radius 3 is 2.52 bits per heavy atom. The van der Waals surface area contributed by atoms with Gasteiger partial charge in [-0.25, -0.2) is 4.98 Å². The standard InChI is InChI=1S/C22H20ClN3O3/c1-14-8-16(11-27)19(10-24-14)15-2-4-17(5-3-15)22(12-29-13-22)21(28)26-18-6-7-20(23)25-9-18/h2-10,27H,11-13H2,1H3,(H,26,28). The van der Waals surface area contributed by atoms with Crippen LogP contribution in [-0.4, -0.2) is 34.2 Å². The van der Waals surface area contributed by atoms with Gasteiger partial charge in [0.05, 0.1) is 31.7 Å². The minimum absolute atomic E-state index is 0.0598. The molecule has 0 saturated carbocycles. The van der Waals surface area contributed by atoms with Crippen molar-refractivity contribution in [2.24, 2.45) is 0 Å². The fourth-order valence-corrected chi connectivity index (χ4v) is 3.52. The van der Waals surface area contributed by atoms with E-state index in [2.05, 4.69) is 15.3 Å². The fourth-order valence-electron chi connectivity index (χ4n) is 3.41. The highest BCUT2D eigenvalue weighted by molar-refractivity contribution is 6.29. The smallest absolute Gasteiger partial charge is 0.239 e. The summed E-state index contributed by atoms with van der Waals surface area (Å²) >= 11 is 5.80. The molecule has 3 heterocycles. The maximum absolute atomic E-state index is 13.0. The lowest BCUT2D eigenvalue weighted by molar-refractivity contribution is -0.139. The summed E-state index contributed by atoms with van der Waals surface area (Å²) in [5.41, 5.74) is 4.19. The van der Waals surface area contributed by atoms with Crippen molar-refractivity contribution in [3.05, 3.63) is 76.8 Å². The minimum atomic E-state index is -0.747. The van der Waals surface area contributed by atoms with E-state index in [1.165, 1.54) is 6.20 Å². The van der Waals surface area contributed by atoms with Crippen LogP contribution in [0.2, 0.25) is 5.15 Å². The van der Waals surface area contributed by atoms with Crippen molar-refractivity contribution in [2.75, 3.05) is 18.5 Å². The molecule has 7 heteroatoms. The molecule has 1 amide bonds. The predicted molar refractivity (Wildman–Crippen MR) is 111 cm³/mol. The molecule has 0 spiro atoms. The van der Waals surface area contributed by atoms with Gasteiger partial charge >= 0.3 is 0 Å². The van der Waals surface area contributed by atoms with Gasteiger partial charge in [0.2, 0.25) is 5.91 Å². The number of pyridine rings is 2.